The molecule has 0 bridgehead atoms. The molecule has 0 aromatic carbocycles. The number of unbranched alkanes of at least 4 members (excludes halogenated alkanes) is 15. The van der Waals surface area contributed by atoms with E-state index in [9.17, 15) is 34.8 Å². The third-order valence-corrected chi connectivity index (χ3v) is 13.3. The fourth-order valence-corrected chi connectivity index (χ4v) is 10.3. The molecule has 2 fully saturated rings. The lowest BCUT2D eigenvalue weighted by Crippen LogP contribution is -2.61. The molecular weight excluding hydrogens is 632 g/mol. The number of carboxylic acids is 1. The normalized spacial score (nSPS) is 33.0. The van der Waals surface area contributed by atoms with Gasteiger partial charge in [0.15, 0.2) is 5.78 Å². The van der Waals surface area contributed by atoms with E-state index in [1.165, 1.54) is 77.0 Å². The third-order valence-electron chi connectivity index (χ3n) is 13.3. The minimum atomic E-state index is -1.84. The predicted molar refractivity (Wildman–Crippen MR) is 195 cm³/mol. The van der Waals surface area contributed by atoms with Crippen LogP contribution in [-0.4, -0.2) is 61.6 Å². The second kappa shape index (κ2) is 17.2. The van der Waals surface area contributed by atoms with Crippen molar-refractivity contribution < 1.29 is 39.5 Å². The molecule has 284 valence electrons. The Kier molecular flexibility index (Phi) is 14.0. The molecule has 4 aliphatic rings. The molecule has 0 amide bonds. The van der Waals surface area contributed by atoms with Gasteiger partial charge >= 0.3 is 11.9 Å². The lowest BCUT2D eigenvalue weighted by atomic mass is 9.60. The molecule has 4 aliphatic carbocycles. The first-order valence-corrected chi connectivity index (χ1v) is 20.1. The van der Waals surface area contributed by atoms with Crippen molar-refractivity contribution in [1.29, 1.82) is 0 Å². The van der Waals surface area contributed by atoms with Crippen molar-refractivity contribution in [2.45, 2.75) is 180 Å². The molecule has 1 unspecified atom stereocenters. The second-order valence-corrected chi connectivity index (χ2v) is 17.2. The number of hydrogen-bond acceptors (Lipinski definition) is 7. The second-order valence-electron chi connectivity index (χ2n) is 17.2. The van der Waals surface area contributed by atoms with Crippen molar-refractivity contribution in [3.8, 4) is 0 Å². The van der Waals surface area contributed by atoms with Gasteiger partial charge in [-0.2, -0.15) is 0 Å². The zero-order valence-electron chi connectivity index (χ0n) is 31.8. The number of Topliss-reactive ketones (excluding diaryl/α,β-unsaturated/α-hetero) is 1. The number of fused-ring (bicyclic) bond motifs is 5. The molecule has 0 aromatic rings. The van der Waals surface area contributed by atoms with Gasteiger partial charge < -0.3 is 25.2 Å². The molecule has 8 heteroatoms. The molecule has 0 spiro atoms. The Morgan fingerprint density at radius 2 is 1.40 bits per heavy atom. The van der Waals surface area contributed by atoms with Crippen LogP contribution in [0.1, 0.15) is 163 Å². The number of carbonyl (C=O) groups excluding carboxylic acids is 2. The van der Waals surface area contributed by atoms with Crippen LogP contribution in [0.15, 0.2) is 23.3 Å². The number of carbonyl (C=O) groups is 3. The van der Waals surface area contributed by atoms with Gasteiger partial charge in [0.1, 0.15) is 11.2 Å². The first-order valence-electron chi connectivity index (χ1n) is 20.1. The Morgan fingerprint density at radius 1 is 0.880 bits per heavy atom. The Morgan fingerprint density at radius 3 is 1.90 bits per heavy atom. The largest absolute Gasteiger partial charge is 0.481 e. The van der Waals surface area contributed by atoms with Gasteiger partial charge in [-0.1, -0.05) is 143 Å². The van der Waals surface area contributed by atoms with Crippen molar-refractivity contribution in [3.05, 3.63) is 23.3 Å². The van der Waals surface area contributed by atoms with Gasteiger partial charge in [-0.25, -0.2) is 0 Å². The van der Waals surface area contributed by atoms with Crippen LogP contribution in [-0.2, 0) is 19.1 Å². The molecule has 50 heavy (non-hydrogen) atoms. The molecule has 2 saturated carbocycles. The van der Waals surface area contributed by atoms with Gasteiger partial charge in [-0.05, 0) is 36.8 Å². The molecular formula is C42H68O8. The van der Waals surface area contributed by atoms with E-state index in [-0.39, 0.29) is 25.4 Å². The lowest BCUT2D eigenvalue weighted by molar-refractivity contribution is -0.188. The topological polar surface area (TPSA) is 141 Å². The quantitative estimate of drug-likeness (QED) is 0.0503. The molecule has 0 aliphatic heterocycles. The average Bonchev–Trinajstić information content (AvgIpc) is 3.47. The van der Waals surface area contributed by atoms with E-state index >= 15 is 0 Å². The molecule has 8 nitrogen and oxygen atoms in total. The van der Waals surface area contributed by atoms with Crippen molar-refractivity contribution >= 4 is 17.7 Å². The van der Waals surface area contributed by atoms with Crippen LogP contribution < -0.4 is 0 Å². The summed E-state index contributed by atoms with van der Waals surface area (Å²) < 4.78 is 6.28. The summed E-state index contributed by atoms with van der Waals surface area (Å²) in [5.74, 6) is -4.97. The molecule has 0 heterocycles. The fourth-order valence-electron chi connectivity index (χ4n) is 10.3. The predicted octanol–water partition coefficient (Wildman–Crippen LogP) is 8.25. The molecule has 0 aromatic heterocycles. The van der Waals surface area contributed by atoms with E-state index < -0.39 is 63.6 Å². The highest BCUT2D eigenvalue weighted by atomic mass is 16.6. The maximum atomic E-state index is 13.5. The Bertz CT molecular complexity index is 1250. The van der Waals surface area contributed by atoms with Gasteiger partial charge in [0.05, 0.1) is 24.5 Å². The van der Waals surface area contributed by atoms with Crippen molar-refractivity contribution in [2.24, 2.45) is 35.0 Å². The van der Waals surface area contributed by atoms with E-state index in [1.807, 2.05) is 26.8 Å². The van der Waals surface area contributed by atoms with Crippen LogP contribution in [0.4, 0.5) is 0 Å². The zero-order chi connectivity index (χ0) is 36.7. The summed E-state index contributed by atoms with van der Waals surface area (Å²) in [6, 6.07) is 0. The number of rotatable bonds is 22. The van der Waals surface area contributed by atoms with Crippen LogP contribution in [0, 0.1) is 35.0 Å². The monoisotopic (exact) mass is 700 g/mol. The van der Waals surface area contributed by atoms with E-state index in [0.717, 1.165) is 25.7 Å². The number of aliphatic hydroxyl groups is 3. The van der Waals surface area contributed by atoms with Crippen LogP contribution in [0.5, 0.6) is 0 Å². The van der Waals surface area contributed by atoms with Gasteiger partial charge in [0.2, 0.25) is 0 Å². The summed E-state index contributed by atoms with van der Waals surface area (Å²) >= 11 is 0. The minimum absolute atomic E-state index is 0.0635. The van der Waals surface area contributed by atoms with Crippen molar-refractivity contribution in [3.63, 3.8) is 0 Å². The van der Waals surface area contributed by atoms with E-state index in [2.05, 4.69) is 6.92 Å². The maximum Gasteiger partial charge on any atom is 0.307 e. The standard InChI is InChI=1S/C42H68O8/c1-6-7-8-9-10-11-12-13-14-15-16-17-18-19-20-21-22-32(38(46)47)25-35(44)50-41-26-30(3)42(49)33(36(41)39(41,4)5)24-31(28-43)27-40(48)34(42)23-29(2)37(40)45/h23-24,30,32-34,36,43,48-49H,6-22,25-28H2,1-5H3,(H,46,47)/t30-,32?,33+,34-,36-,40-,41+,42-/m1/s1. The summed E-state index contributed by atoms with van der Waals surface area (Å²) in [5, 5.41) is 44.4. The van der Waals surface area contributed by atoms with Crippen LogP contribution >= 0.6 is 0 Å². The Balaban J connectivity index is 1.24. The summed E-state index contributed by atoms with van der Waals surface area (Å²) in [5.41, 5.74) is -3.91. The summed E-state index contributed by atoms with van der Waals surface area (Å²) in [4.78, 5) is 38.8. The number of aliphatic carboxylic acids is 1. The molecule has 4 N–H and O–H groups in total. The first kappa shape index (κ1) is 40.7. The number of ether oxygens (including phenoxy) is 1. The highest BCUT2D eigenvalue weighted by molar-refractivity contribution is 6.04. The number of aliphatic hydroxyl groups excluding tert-OH is 1. The molecule has 4 rings (SSSR count). The van der Waals surface area contributed by atoms with Crippen LogP contribution in [0.25, 0.3) is 0 Å². The first-order chi connectivity index (χ1) is 23.7. The summed E-state index contributed by atoms with van der Waals surface area (Å²) in [6.45, 7) is 9.41. The number of esters is 1. The van der Waals surface area contributed by atoms with E-state index in [0.29, 0.717) is 24.0 Å². The maximum absolute atomic E-state index is 13.5. The number of ketones is 1. The van der Waals surface area contributed by atoms with Crippen molar-refractivity contribution in [1.82, 2.24) is 0 Å². The van der Waals surface area contributed by atoms with E-state index in [4.69, 9.17) is 4.74 Å². The molecule has 0 radical (unpaired) electrons. The third kappa shape index (κ3) is 8.28. The summed E-state index contributed by atoms with van der Waals surface area (Å²) in [6.07, 6.45) is 24.0. The van der Waals surface area contributed by atoms with Crippen LogP contribution in [0.3, 0.4) is 0 Å². The molecule has 8 atom stereocenters. The smallest absolute Gasteiger partial charge is 0.307 e. The summed E-state index contributed by atoms with van der Waals surface area (Å²) in [7, 11) is 0. The zero-order valence-corrected chi connectivity index (χ0v) is 31.8. The lowest BCUT2D eigenvalue weighted by Gasteiger charge is -2.50. The van der Waals surface area contributed by atoms with E-state index in [1.54, 1.807) is 13.0 Å². The van der Waals surface area contributed by atoms with Gasteiger partial charge in [0, 0.05) is 29.6 Å². The van der Waals surface area contributed by atoms with Gasteiger partial charge in [-0.3, -0.25) is 14.4 Å². The highest BCUT2D eigenvalue weighted by Crippen LogP contribution is 2.76. The SMILES string of the molecule is CCCCCCCCCCCCCCCCCCC(CC(=O)O[C@@]12C[C@@H](C)[C@@]3(O)[C@@H](C=C(CO)C[C@]4(O)C(=O)C(C)=C[C@@H]34)[C@@H]1C2(C)C)C(=O)O. The van der Waals surface area contributed by atoms with Crippen molar-refractivity contribution in [2.75, 3.05) is 6.61 Å². The fraction of sp³-hybridized carbons (Fsp3) is 0.833. The molecule has 0 saturated heterocycles. The highest BCUT2D eigenvalue weighted by Gasteiger charge is 2.83. The Hall–Kier alpha value is -2.03. The number of hydrogen-bond donors (Lipinski definition) is 4. The van der Waals surface area contributed by atoms with Gasteiger partial charge in [0.25, 0.3) is 0 Å². The van der Waals surface area contributed by atoms with Crippen LogP contribution in [0.2, 0.25) is 0 Å². The number of carboxylic acid groups (broad SMARTS) is 1. The van der Waals surface area contributed by atoms with Gasteiger partial charge in [-0.15, -0.1) is 0 Å². The minimum Gasteiger partial charge on any atom is -0.481 e. The average molecular weight is 701 g/mol. The Labute approximate surface area is 301 Å².